The minimum atomic E-state index is -1.11. The van der Waals surface area contributed by atoms with E-state index >= 15 is 0 Å². The quantitative estimate of drug-likeness (QED) is 0.800. The molecule has 23 heavy (non-hydrogen) atoms. The molecule has 1 atom stereocenters. The summed E-state index contributed by atoms with van der Waals surface area (Å²) >= 11 is 0. The van der Waals surface area contributed by atoms with Gasteiger partial charge in [0.25, 0.3) is 0 Å². The highest BCUT2D eigenvalue weighted by Crippen LogP contribution is 2.13. The van der Waals surface area contributed by atoms with E-state index in [1.165, 1.54) is 6.92 Å². The van der Waals surface area contributed by atoms with E-state index in [0.717, 1.165) is 0 Å². The highest BCUT2D eigenvalue weighted by molar-refractivity contribution is 6.09. The Bertz CT molecular complexity index is 725. The maximum Gasteiger partial charge on any atom is 0.326 e. The van der Waals surface area contributed by atoms with Crippen LogP contribution in [-0.2, 0) is 16.0 Å². The molecule has 0 aromatic heterocycles. The van der Waals surface area contributed by atoms with Crippen LogP contribution in [0.15, 0.2) is 54.6 Å². The van der Waals surface area contributed by atoms with Gasteiger partial charge in [-0.1, -0.05) is 48.5 Å². The molecule has 1 amide bonds. The highest BCUT2D eigenvalue weighted by Gasteiger charge is 2.19. The molecule has 5 heteroatoms. The molecule has 0 heterocycles. The highest BCUT2D eigenvalue weighted by atomic mass is 16.4. The first-order valence-electron chi connectivity index (χ1n) is 7.16. The second-order valence-corrected chi connectivity index (χ2v) is 5.19. The molecule has 0 aliphatic carbocycles. The number of nitrogens with one attached hydrogen (secondary N) is 1. The fraction of sp³-hybridized carbons (Fsp3) is 0.167. The summed E-state index contributed by atoms with van der Waals surface area (Å²) in [5, 5.41) is 11.5. The lowest BCUT2D eigenvalue weighted by Crippen LogP contribution is -2.41. The van der Waals surface area contributed by atoms with Crippen molar-refractivity contribution in [3.05, 3.63) is 71.3 Å². The van der Waals surface area contributed by atoms with Gasteiger partial charge in [-0.3, -0.25) is 9.59 Å². The maximum atomic E-state index is 12.4. The monoisotopic (exact) mass is 311 g/mol. The molecule has 0 bridgehead atoms. The number of carbonyl (C=O) groups excluding carboxylic acids is 2. The molecule has 118 valence electrons. The fourth-order valence-electron chi connectivity index (χ4n) is 2.28. The Balaban J connectivity index is 2.21. The lowest BCUT2D eigenvalue weighted by Gasteiger charge is -2.13. The van der Waals surface area contributed by atoms with Crippen LogP contribution < -0.4 is 5.32 Å². The Kier molecular flexibility index (Phi) is 5.25. The van der Waals surface area contributed by atoms with Crippen LogP contribution >= 0.6 is 0 Å². The zero-order valence-electron chi connectivity index (χ0n) is 12.7. The van der Waals surface area contributed by atoms with E-state index in [4.69, 9.17) is 5.11 Å². The van der Waals surface area contributed by atoms with Crippen molar-refractivity contribution in [1.29, 1.82) is 0 Å². The van der Waals surface area contributed by atoms with Gasteiger partial charge in [0.15, 0.2) is 5.78 Å². The molecular weight excluding hydrogens is 294 g/mol. The van der Waals surface area contributed by atoms with Crippen molar-refractivity contribution < 1.29 is 19.5 Å². The van der Waals surface area contributed by atoms with Crippen LogP contribution in [0.2, 0.25) is 0 Å². The Labute approximate surface area is 134 Å². The number of carbonyl (C=O) groups is 3. The van der Waals surface area contributed by atoms with Crippen molar-refractivity contribution in [3.8, 4) is 0 Å². The Morgan fingerprint density at radius 2 is 1.65 bits per heavy atom. The maximum absolute atomic E-state index is 12.4. The van der Waals surface area contributed by atoms with Gasteiger partial charge < -0.3 is 10.4 Å². The van der Waals surface area contributed by atoms with Crippen LogP contribution in [0.4, 0.5) is 0 Å². The summed E-state index contributed by atoms with van der Waals surface area (Å²) in [6.45, 7) is 1.27. The van der Waals surface area contributed by atoms with E-state index in [-0.39, 0.29) is 12.2 Å². The van der Waals surface area contributed by atoms with Crippen molar-refractivity contribution in [2.24, 2.45) is 0 Å². The number of benzene rings is 2. The average Bonchev–Trinajstić information content (AvgIpc) is 2.54. The van der Waals surface area contributed by atoms with Crippen LogP contribution in [0.25, 0.3) is 0 Å². The van der Waals surface area contributed by atoms with Gasteiger partial charge in [0.05, 0.1) is 0 Å². The number of carboxylic acids is 1. The molecular formula is C18H17NO4. The first-order chi connectivity index (χ1) is 11.0. The largest absolute Gasteiger partial charge is 0.480 e. The number of ketones is 1. The molecule has 0 saturated heterocycles. The van der Waals surface area contributed by atoms with Gasteiger partial charge in [-0.2, -0.15) is 0 Å². The Hall–Kier alpha value is -2.95. The van der Waals surface area contributed by atoms with Gasteiger partial charge in [-0.15, -0.1) is 0 Å². The van der Waals surface area contributed by atoms with E-state index in [1.54, 1.807) is 48.5 Å². The summed E-state index contributed by atoms with van der Waals surface area (Å²) in [6.07, 6.45) is 0.116. The molecule has 0 spiro atoms. The van der Waals surface area contributed by atoms with Gasteiger partial charge in [0.2, 0.25) is 5.91 Å². The third-order valence-corrected chi connectivity index (χ3v) is 3.34. The summed E-state index contributed by atoms with van der Waals surface area (Å²) < 4.78 is 0. The van der Waals surface area contributed by atoms with Crippen LogP contribution in [0.3, 0.4) is 0 Å². The van der Waals surface area contributed by atoms with E-state index in [9.17, 15) is 14.4 Å². The average molecular weight is 311 g/mol. The molecule has 0 radical (unpaired) electrons. The van der Waals surface area contributed by atoms with Gasteiger partial charge >= 0.3 is 5.97 Å². The predicted molar refractivity (Wildman–Crippen MR) is 85.3 cm³/mol. The minimum absolute atomic E-state index is 0.116. The molecule has 0 fully saturated rings. The number of hydrogen-bond acceptors (Lipinski definition) is 3. The molecule has 2 rings (SSSR count). The SMILES string of the molecule is CC(=O)N[C@@H](Cc1cccc(C(=O)c2ccccc2)c1)C(=O)O. The lowest BCUT2D eigenvalue weighted by atomic mass is 9.98. The summed E-state index contributed by atoms with van der Waals surface area (Å²) in [4.78, 5) is 34.7. The molecule has 2 N–H and O–H groups in total. The number of carboxylic acid groups (broad SMARTS) is 1. The molecule has 0 unspecified atom stereocenters. The van der Waals surface area contributed by atoms with Crippen molar-refractivity contribution in [2.45, 2.75) is 19.4 Å². The zero-order chi connectivity index (χ0) is 16.8. The smallest absolute Gasteiger partial charge is 0.326 e. The third-order valence-electron chi connectivity index (χ3n) is 3.34. The van der Waals surface area contributed by atoms with Gasteiger partial charge in [-0.25, -0.2) is 4.79 Å². The first kappa shape index (κ1) is 16.4. The summed E-state index contributed by atoms with van der Waals surface area (Å²) in [7, 11) is 0. The van der Waals surface area contributed by atoms with Crippen LogP contribution in [0.5, 0.6) is 0 Å². The summed E-state index contributed by atoms with van der Waals surface area (Å²) in [6, 6.07) is 14.6. The third kappa shape index (κ3) is 4.51. The molecule has 0 aliphatic rings. The molecule has 0 saturated carbocycles. The topological polar surface area (TPSA) is 83.5 Å². The predicted octanol–water partition coefficient (Wildman–Crippen LogP) is 2.05. The number of amides is 1. The van der Waals surface area contributed by atoms with E-state index in [2.05, 4.69) is 5.32 Å². The van der Waals surface area contributed by atoms with Crippen molar-refractivity contribution in [2.75, 3.05) is 0 Å². The molecule has 2 aromatic carbocycles. The number of aliphatic carboxylic acids is 1. The van der Waals surface area contributed by atoms with Crippen LogP contribution in [0, 0.1) is 0 Å². The van der Waals surface area contributed by atoms with Crippen LogP contribution in [0.1, 0.15) is 28.4 Å². The summed E-state index contributed by atoms with van der Waals surface area (Å²) in [5.74, 6) is -1.65. The number of hydrogen-bond donors (Lipinski definition) is 2. The molecule has 5 nitrogen and oxygen atoms in total. The second-order valence-electron chi connectivity index (χ2n) is 5.19. The Morgan fingerprint density at radius 1 is 1.00 bits per heavy atom. The van der Waals surface area contributed by atoms with Crippen molar-refractivity contribution in [3.63, 3.8) is 0 Å². The molecule has 0 aliphatic heterocycles. The minimum Gasteiger partial charge on any atom is -0.480 e. The van der Waals surface area contributed by atoms with Gasteiger partial charge in [0.1, 0.15) is 6.04 Å². The van der Waals surface area contributed by atoms with Crippen molar-refractivity contribution >= 4 is 17.7 Å². The Morgan fingerprint density at radius 3 is 2.26 bits per heavy atom. The first-order valence-corrected chi connectivity index (χ1v) is 7.16. The van der Waals surface area contributed by atoms with Crippen LogP contribution in [-0.4, -0.2) is 28.8 Å². The standard InChI is InChI=1S/C18H17NO4/c1-12(20)19-16(18(22)23)11-13-6-5-9-15(10-13)17(21)14-7-3-2-4-8-14/h2-10,16H,11H2,1H3,(H,19,20)(H,22,23)/t16-/m0/s1. The fourth-order valence-corrected chi connectivity index (χ4v) is 2.28. The van der Waals surface area contributed by atoms with Gasteiger partial charge in [0, 0.05) is 24.5 Å². The van der Waals surface area contributed by atoms with Gasteiger partial charge in [-0.05, 0) is 11.6 Å². The zero-order valence-corrected chi connectivity index (χ0v) is 12.7. The van der Waals surface area contributed by atoms with E-state index in [0.29, 0.717) is 16.7 Å². The molecule has 2 aromatic rings. The van der Waals surface area contributed by atoms with E-state index in [1.807, 2.05) is 6.07 Å². The van der Waals surface area contributed by atoms with E-state index < -0.39 is 17.9 Å². The number of rotatable bonds is 6. The normalized spacial score (nSPS) is 11.5. The second kappa shape index (κ2) is 7.35. The summed E-state index contributed by atoms with van der Waals surface area (Å²) in [5.41, 5.74) is 1.73. The van der Waals surface area contributed by atoms with Crippen molar-refractivity contribution in [1.82, 2.24) is 5.32 Å². The lowest BCUT2D eigenvalue weighted by molar-refractivity contribution is -0.141.